The van der Waals surface area contributed by atoms with Gasteiger partial charge in [-0.2, -0.15) is 0 Å². The molecule has 0 saturated heterocycles. The van der Waals surface area contributed by atoms with Crippen molar-refractivity contribution in [1.82, 2.24) is 34.7 Å². The van der Waals surface area contributed by atoms with E-state index in [0.29, 0.717) is 18.3 Å². The lowest BCUT2D eigenvalue weighted by atomic mass is 9.77. The molecule has 0 bridgehead atoms. The molecule has 1 aliphatic carbocycles. The molecule has 194 valence electrons. The molecule has 2 atom stereocenters. The van der Waals surface area contributed by atoms with Crippen molar-refractivity contribution in [1.29, 1.82) is 0 Å². The van der Waals surface area contributed by atoms with Gasteiger partial charge in [0, 0.05) is 35.3 Å². The van der Waals surface area contributed by atoms with Crippen LogP contribution in [-0.4, -0.2) is 34.7 Å². The highest BCUT2D eigenvalue weighted by Gasteiger charge is 2.38. The summed E-state index contributed by atoms with van der Waals surface area (Å²) in [7, 11) is 0. The number of benzene rings is 1. The maximum atomic E-state index is 13.8. The van der Waals surface area contributed by atoms with Crippen LogP contribution in [0.15, 0.2) is 53.6 Å². The third-order valence-electron chi connectivity index (χ3n) is 7.81. The molecule has 4 aromatic rings. The molecule has 0 radical (unpaired) electrons. The molecule has 5 rings (SSSR count). The van der Waals surface area contributed by atoms with Crippen LogP contribution >= 0.6 is 0 Å². The first-order valence-electron chi connectivity index (χ1n) is 13.5. The number of hydrogen-bond donors (Lipinski definition) is 1. The highest BCUT2D eigenvalue weighted by molar-refractivity contribution is 5.79. The number of nitrogens with zero attached hydrogens (tertiary/aromatic N) is 6. The minimum Gasteiger partial charge on any atom is -0.296 e. The van der Waals surface area contributed by atoms with Crippen LogP contribution in [-0.2, 0) is 13.0 Å². The number of unbranched alkanes of at least 4 members (excludes halogenated alkanes) is 1. The SMILES string of the molecule is CCCCc1cn(C2CCCC2C(C)(C)C)c(=O)n1Cc1ccc(-c2ccccc2-c2nnn[nH]2)cn1. The maximum Gasteiger partial charge on any atom is 0.328 e. The predicted octanol–water partition coefficient (Wildman–Crippen LogP) is 5.67. The first kappa shape index (κ1) is 25.1. The first-order valence-corrected chi connectivity index (χ1v) is 13.5. The van der Waals surface area contributed by atoms with E-state index < -0.39 is 0 Å². The van der Waals surface area contributed by atoms with E-state index in [-0.39, 0.29) is 17.1 Å². The average molecular weight is 500 g/mol. The number of H-pyrrole nitrogens is 1. The van der Waals surface area contributed by atoms with Crippen LogP contribution in [0.3, 0.4) is 0 Å². The number of hydrogen-bond acceptors (Lipinski definition) is 5. The van der Waals surface area contributed by atoms with E-state index in [4.69, 9.17) is 4.98 Å². The van der Waals surface area contributed by atoms with Crippen molar-refractivity contribution in [3.8, 4) is 22.5 Å². The third kappa shape index (κ3) is 5.15. The molecular weight excluding hydrogens is 462 g/mol. The van der Waals surface area contributed by atoms with Crippen LogP contribution < -0.4 is 5.69 Å². The number of aromatic nitrogens is 7. The molecule has 1 fully saturated rings. The van der Waals surface area contributed by atoms with Gasteiger partial charge in [0.05, 0.1) is 12.2 Å². The van der Waals surface area contributed by atoms with Crippen LogP contribution in [0, 0.1) is 11.3 Å². The standard InChI is InChI=1S/C29H37N7O/c1-5-6-10-22-19-36(26-14-9-13-25(26)29(2,3)4)28(37)35(22)18-21-16-15-20(17-30-21)23-11-7-8-12-24(23)27-31-33-34-32-27/h7-8,11-12,15-17,19,25-26H,5-6,9-10,13-14,18H2,1-4H3,(H,31,32,33,34). The summed E-state index contributed by atoms with van der Waals surface area (Å²) in [4.78, 5) is 18.5. The number of aryl methyl sites for hydroxylation is 1. The van der Waals surface area contributed by atoms with Gasteiger partial charge in [-0.05, 0) is 59.1 Å². The fraction of sp³-hybridized carbons (Fsp3) is 0.483. The predicted molar refractivity (Wildman–Crippen MR) is 145 cm³/mol. The number of nitrogens with one attached hydrogen (secondary N) is 1. The Morgan fingerprint density at radius 2 is 1.89 bits per heavy atom. The molecule has 0 amide bonds. The van der Waals surface area contributed by atoms with Gasteiger partial charge in [-0.1, -0.05) is 70.9 Å². The average Bonchev–Trinajstić information content (AvgIpc) is 3.65. The van der Waals surface area contributed by atoms with Crippen molar-refractivity contribution in [3.05, 3.63) is 70.7 Å². The smallest absolute Gasteiger partial charge is 0.296 e. The molecule has 1 N–H and O–H groups in total. The zero-order chi connectivity index (χ0) is 26.0. The highest BCUT2D eigenvalue weighted by atomic mass is 16.1. The summed E-state index contributed by atoms with van der Waals surface area (Å²) in [5.41, 5.74) is 5.16. The van der Waals surface area contributed by atoms with Gasteiger partial charge in [0.2, 0.25) is 0 Å². The lowest BCUT2D eigenvalue weighted by molar-refractivity contribution is 0.185. The lowest BCUT2D eigenvalue weighted by Gasteiger charge is -2.32. The molecule has 3 aromatic heterocycles. The Hall–Kier alpha value is -3.55. The van der Waals surface area contributed by atoms with Gasteiger partial charge in [0.1, 0.15) is 0 Å². The Kier molecular flexibility index (Phi) is 7.09. The molecule has 0 spiro atoms. The summed E-state index contributed by atoms with van der Waals surface area (Å²) in [6, 6.07) is 12.3. The van der Waals surface area contributed by atoms with Gasteiger partial charge >= 0.3 is 5.69 Å². The van der Waals surface area contributed by atoms with Crippen molar-refractivity contribution < 1.29 is 0 Å². The zero-order valence-corrected chi connectivity index (χ0v) is 22.3. The van der Waals surface area contributed by atoms with Crippen LogP contribution in [0.1, 0.15) is 77.2 Å². The van der Waals surface area contributed by atoms with Gasteiger partial charge in [-0.25, -0.2) is 9.89 Å². The highest BCUT2D eigenvalue weighted by Crippen LogP contribution is 2.45. The number of pyridine rings is 1. The second kappa shape index (κ2) is 10.4. The van der Waals surface area contributed by atoms with Gasteiger partial charge in [0.25, 0.3) is 0 Å². The van der Waals surface area contributed by atoms with Gasteiger partial charge < -0.3 is 0 Å². The molecule has 37 heavy (non-hydrogen) atoms. The molecule has 1 aliphatic rings. The minimum absolute atomic E-state index is 0.0984. The summed E-state index contributed by atoms with van der Waals surface area (Å²) in [6.07, 6.45) is 10.5. The Bertz CT molecular complexity index is 1380. The van der Waals surface area contributed by atoms with Crippen LogP contribution in [0.2, 0.25) is 0 Å². The van der Waals surface area contributed by atoms with Crippen molar-refractivity contribution in [2.45, 2.75) is 78.8 Å². The molecule has 3 heterocycles. The van der Waals surface area contributed by atoms with E-state index in [1.165, 1.54) is 12.8 Å². The summed E-state index contributed by atoms with van der Waals surface area (Å²) >= 11 is 0. The first-order chi connectivity index (χ1) is 17.9. The Balaban J connectivity index is 1.44. The summed E-state index contributed by atoms with van der Waals surface area (Å²) < 4.78 is 3.99. The number of imidazole rings is 1. The Morgan fingerprint density at radius 1 is 1.08 bits per heavy atom. The topological polar surface area (TPSA) is 94.3 Å². The van der Waals surface area contributed by atoms with Gasteiger partial charge in [0.15, 0.2) is 5.82 Å². The molecule has 1 aromatic carbocycles. The van der Waals surface area contributed by atoms with Gasteiger partial charge in [-0.15, -0.1) is 5.10 Å². The molecule has 8 nitrogen and oxygen atoms in total. The second-order valence-corrected chi connectivity index (χ2v) is 11.3. The van der Waals surface area contributed by atoms with E-state index in [2.05, 4.69) is 60.6 Å². The summed E-state index contributed by atoms with van der Waals surface area (Å²) in [6.45, 7) is 9.58. The molecule has 0 aliphatic heterocycles. The second-order valence-electron chi connectivity index (χ2n) is 11.3. The van der Waals surface area contributed by atoms with E-state index in [9.17, 15) is 4.79 Å². The number of rotatable bonds is 8. The Morgan fingerprint density at radius 3 is 2.57 bits per heavy atom. The molecule has 8 heteroatoms. The van der Waals surface area contributed by atoms with E-state index in [1.807, 2.05) is 45.7 Å². The largest absolute Gasteiger partial charge is 0.328 e. The summed E-state index contributed by atoms with van der Waals surface area (Å²) in [5, 5.41) is 14.3. The monoisotopic (exact) mass is 499 g/mol. The van der Waals surface area contributed by atoms with Crippen molar-refractivity contribution in [2.75, 3.05) is 0 Å². The van der Waals surface area contributed by atoms with E-state index in [0.717, 1.165) is 53.8 Å². The number of tetrazole rings is 1. The number of aromatic amines is 1. The van der Waals surface area contributed by atoms with Crippen molar-refractivity contribution >= 4 is 0 Å². The quantitative estimate of drug-likeness (QED) is 0.337. The molecule has 2 unspecified atom stereocenters. The van der Waals surface area contributed by atoms with E-state index in [1.54, 1.807) is 0 Å². The minimum atomic E-state index is 0.0984. The lowest BCUT2D eigenvalue weighted by Crippen LogP contribution is -2.33. The van der Waals surface area contributed by atoms with E-state index >= 15 is 0 Å². The van der Waals surface area contributed by atoms with Crippen LogP contribution in [0.25, 0.3) is 22.5 Å². The zero-order valence-electron chi connectivity index (χ0n) is 22.3. The third-order valence-corrected chi connectivity index (χ3v) is 7.81. The van der Waals surface area contributed by atoms with Crippen molar-refractivity contribution in [3.63, 3.8) is 0 Å². The van der Waals surface area contributed by atoms with Gasteiger partial charge in [-0.3, -0.25) is 14.1 Å². The van der Waals surface area contributed by atoms with Crippen LogP contribution in [0.5, 0.6) is 0 Å². The fourth-order valence-corrected chi connectivity index (χ4v) is 5.85. The fourth-order valence-electron chi connectivity index (χ4n) is 5.85. The maximum absolute atomic E-state index is 13.8. The van der Waals surface area contributed by atoms with Crippen LogP contribution in [0.4, 0.5) is 0 Å². The summed E-state index contributed by atoms with van der Waals surface area (Å²) in [5.74, 6) is 1.13. The molecular formula is C29H37N7O. The van der Waals surface area contributed by atoms with Crippen molar-refractivity contribution in [2.24, 2.45) is 11.3 Å². The Labute approximate surface area is 218 Å². The normalized spacial score (nSPS) is 17.9. The molecule has 1 saturated carbocycles.